The number of hydrogen-bond acceptors (Lipinski definition) is 6. The second-order valence-corrected chi connectivity index (χ2v) is 7.09. The lowest BCUT2D eigenvalue weighted by atomic mass is 10.2. The van der Waals surface area contributed by atoms with Gasteiger partial charge >= 0.3 is 0 Å². The number of thioether (sulfide) groups is 1. The molecule has 7 nitrogen and oxygen atoms in total. The highest BCUT2D eigenvalue weighted by Gasteiger charge is 2.09. The number of amides is 1. The van der Waals surface area contributed by atoms with Crippen molar-refractivity contribution < 1.29 is 14.3 Å². The highest BCUT2D eigenvalue weighted by atomic mass is 32.2. The third kappa shape index (κ3) is 6.53. The van der Waals surface area contributed by atoms with Gasteiger partial charge in [-0.1, -0.05) is 30.8 Å². The number of hydrogen-bond donors (Lipinski definition) is 2. The van der Waals surface area contributed by atoms with Crippen LogP contribution in [0.2, 0.25) is 0 Å². The molecule has 0 radical (unpaired) electrons. The quantitative estimate of drug-likeness (QED) is 0.488. The number of aromatic nitrogens is 3. The second kappa shape index (κ2) is 10.5. The SMILES string of the molecule is CCOc1ccc(NC(=O)CSc2n[nH]c(COc3ccc(CC)cc3)n2)cc1. The van der Waals surface area contributed by atoms with E-state index >= 15 is 0 Å². The highest BCUT2D eigenvalue weighted by molar-refractivity contribution is 7.99. The molecule has 1 amide bonds. The summed E-state index contributed by atoms with van der Waals surface area (Å²) in [5.41, 5.74) is 1.98. The number of H-pyrrole nitrogens is 1. The van der Waals surface area contributed by atoms with Gasteiger partial charge in [-0.05, 0) is 55.3 Å². The molecule has 29 heavy (non-hydrogen) atoms. The van der Waals surface area contributed by atoms with Crippen LogP contribution in [0.1, 0.15) is 25.2 Å². The molecule has 0 aliphatic carbocycles. The average Bonchev–Trinajstić information content (AvgIpc) is 3.21. The molecule has 1 heterocycles. The summed E-state index contributed by atoms with van der Waals surface area (Å²) in [6.07, 6.45) is 0.995. The lowest BCUT2D eigenvalue weighted by Crippen LogP contribution is -2.14. The topological polar surface area (TPSA) is 89.1 Å². The van der Waals surface area contributed by atoms with Crippen LogP contribution < -0.4 is 14.8 Å². The fourth-order valence-corrected chi connectivity index (χ4v) is 3.13. The molecule has 2 N–H and O–H groups in total. The molecule has 3 rings (SSSR count). The first-order valence-corrected chi connectivity index (χ1v) is 10.4. The molecular formula is C21H24N4O3S. The molecule has 1 aromatic heterocycles. The summed E-state index contributed by atoms with van der Waals surface area (Å²) >= 11 is 1.26. The summed E-state index contributed by atoms with van der Waals surface area (Å²) in [6.45, 7) is 4.94. The number of rotatable bonds is 10. The molecule has 0 saturated carbocycles. The fourth-order valence-electron chi connectivity index (χ4n) is 2.51. The van der Waals surface area contributed by atoms with Gasteiger partial charge in [0.15, 0.2) is 5.82 Å². The Balaban J connectivity index is 1.42. The number of nitrogens with zero attached hydrogens (tertiary/aromatic N) is 2. The number of ether oxygens (including phenoxy) is 2. The van der Waals surface area contributed by atoms with Gasteiger partial charge in [-0.2, -0.15) is 0 Å². The summed E-state index contributed by atoms with van der Waals surface area (Å²) in [4.78, 5) is 16.5. The summed E-state index contributed by atoms with van der Waals surface area (Å²) in [5.74, 6) is 2.25. The van der Waals surface area contributed by atoms with Crippen molar-refractivity contribution in [2.75, 3.05) is 17.7 Å². The summed E-state index contributed by atoms with van der Waals surface area (Å²) in [6, 6.07) is 15.2. The maximum absolute atomic E-state index is 12.1. The monoisotopic (exact) mass is 412 g/mol. The molecule has 0 unspecified atom stereocenters. The van der Waals surface area contributed by atoms with Gasteiger partial charge in [-0.25, -0.2) is 4.98 Å². The van der Waals surface area contributed by atoms with Crippen molar-refractivity contribution in [1.82, 2.24) is 15.2 Å². The van der Waals surface area contributed by atoms with Crippen molar-refractivity contribution in [2.24, 2.45) is 0 Å². The van der Waals surface area contributed by atoms with Crippen LogP contribution >= 0.6 is 11.8 Å². The summed E-state index contributed by atoms with van der Waals surface area (Å²) < 4.78 is 11.1. The number of benzene rings is 2. The number of carbonyl (C=O) groups excluding carboxylic acids is 1. The van der Waals surface area contributed by atoms with Crippen molar-refractivity contribution in [3.05, 3.63) is 59.9 Å². The highest BCUT2D eigenvalue weighted by Crippen LogP contribution is 2.18. The van der Waals surface area contributed by atoms with E-state index in [4.69, 9.17) is 9.47 Å². The van der Waals surface area contributed by atoms with Gasteiger partial charge in [0.25, 0.3) is 0 Å². The molecule has 0 fully saturated rings. The van der Waals surface area contributed by atoms with Crippen molar-refractivity contribution >= 4 is 23.4 Å². The van der Waals surface area contributed by atoms with E-state index < -0.39 is 0 Å². The van der Waals surface area contributed by atoms with Gasteiger partial charge in [-0.15, -0.1) is 5.10 Å². The first kappa shape index (κ1) is 20.7. The van der Waals surface area contributed by atoms with E-state index in [0.29, 0.717) is 17.6 Å². The maximum atomic E-state index is 12.1. The predicted molar refractivity (Wildman–Crippen MR) is 113 cm³/mol. The third-order valence-corrected chi connectivity index (χ3v) is 4.85. The molecule has 3 aromatic rings. The van der Waals surface area contributed by atoms with Crippen LogP contribution in [-0.4, -0.2) is 33.4 Å². The van der Waals surface area contributed by atoms with Crippen LogP contribution in [0.25, 0.3) is 0 Å². The smallest absolute Gasteiger partial charge is 0.234 e. The summed E-state index contributed by atoms with van der Waals surface area (Å²) in [5, 5.41) is 10.3. The van der Waals surface area contributed by atoms with Gasteiger partial charge in [0, 0.05) is 5.69 Å². The first-order chi connectivity index (χ1) is 14.2. The van der Waals surface area contributed by atoms with E-state index in [2.05, 4.69) is 27.4 Å². The molecule has 8 heteroatoms. The number of anilines is 1. The number of aromatic amines is 1. The number of nitrogens with one attached hydrogen (secondary N) is 2. The third-order valence-electron chi connectivity index (χ3n) is 4.00. The van der Waals surface area contributed by atoms with Gasteiger partial charge < -0.3 is 14.8 Å². The van der Waals surface area contributed by atoms with E-state index in [0.717, 1.165) is 23.6 Å². The van der Waals surface area contributed by atoms with Crippen LogP contribution in [0, 0.1) is 0 Å². The van der Waals surface area contributed by atoms with Crippen LogP contribution in [0.4, 0.5) is 5.69 Å². The molecule has 2 aromatic carbocycles. The number of carbonyl (C=O) groups is 1. The zero-order valence-corrected chi connectivity index (χ0v) is 17.3. The Morgan fingerprint density at radius 1 is 1.03 bits per heavy atom. The number of aryl methyl sites for hydroxylation is 1. The molecule has 0 saturated heterocycles. The summed E-state index contributed by atoms with van der Waals surface area (Å²) in [7, 11) is 0. The van der Waals surface area contributed by atoms with Gasteiger partial charge in [0.2, 0.25) is 11.1 Å². The first-order valence-electron chi connectivity index (χ1n) is 9.44. The van der Waals surface area contributed by atoms with E-state index in [1.54, 1.807) is 0 Å². The Morgan fingerprint density at radius 2 is 1.72 bits per heavy atom. The van der Waals surface area contributed by atoms with Gasteiger partial charge in [0.05, 0.1) is 12.4 Å². The minimum Gasteiger partial charge on any atom is -0.494 e. The van der Waals surface area contributed by atoms with Crippen LogP contribution in [0.3, 0.4) is 0 Å². The van der Waals surface area contributed by atoms with Crippen LogP contribution in [0.15, 0.2) is 53.7 Å². The minimum atomic E-state index is -0.127. The predicted octanol–water partition coefficient (Wildman–Crippen LogP) is 4.08. The van der Waals surface area contributed by atoms with Crippen molar-refractivity contribution in [1.29, 1.82) is 0 Å². The normalized spacial score (nSPS) is 10.6. The maximum Gasteiger partial charge on any atom is 0.234 e. The van der Waals surface area contributed by atoms with E-state index in [9.17, 15) is 4.79 Å². The second-order valence-electron chi connectivity index (χ2n) is 6.15. The van der Waals surface area contributed by atoms with Gasteiger partial charge in [0.1, 0.15) is 18.1 Å². The Labute approximate surface area is 174 Å². The van der Waals surface area contributed by atoms with Gasteiger partial charge in [-0.3, -0.25) is 9.89 Å². The molecular weight excluding hydrogens is 388 g/mol. The molecule has 152 valence electrons. The largest absolute Gasteiger partial charge is 0.494 e. The van der Waals surface area contributed by atoms with E-state index in [1.165, 1.54) is 17.3 Å². The Bertz CT molecular complexity index is 910. The molecule has 0 aliphatic heterocycles. The van der Waals surface area contributed by atoms with Crippen molar-refractivity contribution in [3.8, 4) is 11.5 Å². The fraction of sp³-hybridized carbons (Fsp3) is 0.286. The Hall–Kier alpha value is -3.00. The Kier molecular flexibility index (Phi) is 7.52. The van der Waals surface area contributed by atoms with Crippen molar-refractivity contribution in [3.63, 3.8) is 0 Å². The zero-order valence-electron chi connectivity index (χ0n) is 16.5. The van der Waals surface area contributed by atoms with E-state index in [-0.39, 0.29) is 18.3 Å². The Morgan fingerprint density at radius 3 is 2.41 bits per heavy atom. The average molecular weight is 413 g/mol. The lowest BCUT2D eigenvalue weighted by Gasteiger charge is -2.06. The van der Waals surface area contributed by atoms with E-state index in [1.807, 2.05) is 55.5 Å². The standard InChI is InChI=1S/C21H24N4O3S/c1-3-15-5-9-18(10-6-15)28-13-19-23-21(25-24-19)29-14-20(26)22-16-7-11-17(12-8-16)27-4-2/h5-12H,3-4,13-14H2,1-2H3,(H,22,26)(H,23,24,25). The van der Waals surface area contributed by atoms with Crippen LogP contribution in [-0.2, 0) is 17.8 Å². The zero-order chi connectivity index (χ0) is 20.5. The molecule has 0 atom stereocenters. The van der Waals surface area contributed by atoms with Crippen LogP contribution in [0.5, 0.6) is 11.5 Å². The van der Waals surface area contributed by atoms with Crippen molar-refractivity contribution in [2.45, 2.75) is 32.0 Å². The molecule has 0 spiro atoms. The molecule has 0 aliphatic rings. The lowest BCUT2D eigenvalue weighted by molar-refractivity contribution is -0.113. The minimum absolute atomic E-state index is 0.127. The molecule has 0 bridgehead atoms.